The average Bonchev–Trinajstić information content (AvgIpc) is 2.47. The summed E-state index contributed by atoms with van der Waals surface area (Å²) in [6, 6.07) is 14.7. The topological polar surface area (TPSA) is 42.2 Å². The van der Waals surface area contributed by atoms with E-state index in [1.807, 2.05) is 36.2 Å². The van der Waals surface area contributed by atoms with Crippen LogP contribution in [0, 0.1) is 5.82 Å². The third kappa shape index (κ3) is 2.65. The fourth-order valence-electron chi connectivity index (χ4n) is 2.50. The molecule has 0 spiro atoms. The predicted molar refractivity (Wildman–Crippen MR) is 84.7 cm³/mol. The molecule has 0 saturated heterocycles. The van der Waals surface area contributed by atoms with E-state index in [1.165, 1.54) is 17.7 Å². The Morgan fingerprint density at radius 3 is 2.62 bits per heavy atom. The highest BCUT2D eigenvalue weighted by Crippen LogP contribution is 2.29. The number of nitrogens with two attached hydrogens (primary N) is 1. The molecular weight excluding hydrogens is 265 g/mol. The summed E-state index contributed by atoms with van der Waals surface area (Å²) < 4.78 is 13.6. The first-order valence-electron chi connectivity index (χ1n) is 6.74. The monoisotopic (exact) mass is 281 g/mol. The Balaban J connectivity index is 2.04. The lowest BCUT2D eigenvalue weighted by Gasteiger charge is -2.20. The van der Waals surface area contributed by atoms with Gasteiger partial charge >= 0.3 is 0 Å². The van der Waals surface area contributed by atoms with E-state index in [9.17, 15) is 4.39 Å². The van der Waals surface area contributed by atoms with E-state index in [4.69, 9.17) is 5.73 Å². The Hall–Kier alpha value is -2.62. The first-order chi connectivity index (χ1) is 10.1. The van der Waals surface area contributed by atoms with Gasteiger partial charge in [-0.15, -0.1) is 0 Å². The van der Waals surface area contributed by atoms with Gasteiger partial charge in [-0.3, -0.25) is 0 Å². The normalized spacial score (nSPS) is 10.8. The molecular formula is C17H16FN3. The van der Waals surface area contributed by atoms with E-state index in [0.29, 0.717) is 12.2 Å². The number of anilines is 2. The molecule has 1 heterocycles. The zero-order chi connectivity index (χ0) is 14.8. The molecule has 3 aromatic rings. The first kappa shape index (κ1) is 13.4. The molecule has 0 aliphatic carbocycles. The van der Waals surface area contributed by atoms with Crippen molar-refractivity contribution in [2.75, 3.05) is 17.7 Å². The minimum Gasteiger partial charge on any atom is -0.398 e. The summed E-state index contributed by atoms with van der Waals surface area (Å²) in [7, 11) is 1.94. The number of pyridine rings is 1. The Bertz CT molecular complexity index is 772. The van der Waals surface area contributed by atoms with Crippen molar-refractivity contribution in [2.24, 2.45) is 0 Å². The molecule has 2 N–H and O–H groups in total. The number of aromatic nitrogens is 1. The molecule has 0 fully saturated rings. The van der Waals surface area contributed by atoms with Crippen molar-refractivity contribution in [1.82, 2.24) is 4.98 Å². The van der Waals surface area contributed by atoms with E-state index in [-0.39, 0.29) is 5.82 Å². The molecule has 3 rings (SSSR count). The zero-order valence-electron chi connectivity index (χ0n) is 11.8. The highest BCUT2D eigenvalue weighted by atomic mass is 19.1. The van der Waals surface area contributed by atoms with Crippen LogP contribution in [0.1, 0.15) is 5.56 Å². The van der Waals surface area contributed by atoms with Gasteiger partial charge in [0.05, 0.1) is 0 Å². The van der Waals surface area contributed by atoms with Crippen LogP contribution >= 0.6 is 0 Å². The number of hydrogen-bond acceptors (Lipinski definition) is 3. The quantitative estimate of drug-likeness (QED) is 0.746. The van der Waals surface area contributed by atoms with Gasteiger partial charge in [0, 0.05) is 36.2 Å². The maximum absolute atomic E-state index is 13.6. The number of rotatable bonds is 3. The summed E-state index contributed by atoms with van der Waals surface area (Å²) in [4.78, 5) is 6.39. The Labute approximate surface area is 122 Å². The molecule has 1 aromatic heterocycles. The zero-order valence-corrected chi connectivity index (χ0v) is 11.8. The van der Waals surface area contributed by atoms with Crippen molar-refractivity contribution in [1.29, 1.82) is 0 Å². The molecule has 21 heavy (non-hydrogen) atoms. The van der Waals surface area contributed by atoms with Gasteiger partial charge < -0.3 is 10.6 Å². The van der Waals surface area contributed by atoms with Gasteiger partial charge in [0.25, 0.3) is 0 Å². The molecule has 0 saturated carbocycles. The van der Waals surface area contributed by atoms with Gasteiger partial charge in [0.2, 0.25) is 0 Å². The number of fused-ring (bicyclic) bond motifs is 1. The molecule has 0 unspecified atom stereocenters. The minimum absolute atomic E-state index is 0.345. The summed E-state index contributed by atoms with van der Waals surface area (Å²) in [5.74, 6) is 0.380. The third-order valence-corrected chi connectivity index (χ3v) is 3.48. The van der Waals surface area contributed by atoms with Crippen molar-refractivity contribution in [3.8, 4) is 0 Å². The van der Waals surface area contributed by atoms with Crippen LogP contribution in [-0.4, -0.2) is 12.0 Å². The van der Waals surface area contributed by atoms with Crippen LogP contribution in [-0.2, 0) is 6.54 Å². The van der Waals surface area contributed by atoms with Crippen LogP contribution in [0.2, 0.25) is 0 Å². The molecule has 0 aliphatic heterocycles. The molecule has 0 bridgehead atoms. The smallest absolute Gasteiger partial charge is 0.136 e. The average molecular weight is 281 g/mol. The highest BCUT2D eigenvalue weighted by molar-refractivity contribution is 5.99. The second kappa shape index (κ2) is 5.40. The van der Waals surface area contributed by atoms with Crippen LogP contribution in [0.15, 0.2) is 54.7 Å². The number of nitrogen functional groups attached to an aromatic ring is 1. The lowest BCUT2D eigenvalue weighted by molar-refractivity contribution is 0.630. The Kier molecular flexibility index (Phi) is 3.44. The van der Waals surface area contributed by atoms with Crippen LogP contribution in [0.25, 0.3) is 10.8 Å². The summed E-state index contributed by atoms with van der Waals surface area (Å²) in [5, 5.41) is 1.55. The molecule has 0 aliphatic rings. The number of halogens is 1. The lowest BCUT2D eigenvalue weighted by atomic mass is 10.1. The molecule has 106 valence electrons. The third-order valence-electron chi connectivity index (χ3n) is 3.48. The number of nitrogens with zero attached hydrogens (tertiary/aromatic N) is 2. The SMILES string of the molecule is CN(Cc1ccccc1)c1nccc2c(N)cc(F)cc12. The number of benzene rings is 2. The summed E-state index contributed by atoms with van der Waals surface area (Å²) >= 11 is 0. The van der Waals surface area contributed by atoms with Crippen LogP contribution in [0.5, 0.6) is 0 Å². The summed E-state index contributed by atoms with van der Waals surface area (Å²) in [6.07, 6.45) is 1.70. The molecule has 0 radical (unpaired) electrons. The maximum Gasteiger partial charge on any atom is 0.136 e. The second-order valence-electron chi connectivity index (χ2n) is 5.07. The van der Waals surface area contributed by atoms with E-state index in [1.54, 1.807) is 6.20 Å². The number of hydrogen-bond donors (Lipinski definition) is 1. The fourth-order valence-corrected chi connectivity index (χ4v) is 2.50. The van der Waals surface area contributed by atoms with Crippen LogP contribution < -0.4 is 10.6 Å². The van der Waals surface area contributed by atoms with E-state index in [2.05, 4.69) is 17.1 Å². The van der Waals surface area contributed by atoms with Gasteiger partial charge in [0.1, 0.15) is 11.6 Å². The molecule has 2 aromatic carbocycles. The summed E-state index contributed by atoms with van der Waals surface area (Å²) in [5.41, 5.74) is 7.49. The van der Waals surface area contributed by atoms with Crippen LogP contribution in [0.3, 0.4) is 0 Å². The Morgan fingerprint density at radius 1 is 1.10 bits per heavy atom. The van der Waals surface area contributed by atoms with Crippen molar-refractivity contribution < 1.29 is 4.39 Å². The summed E-state index contributed by atoms with van der Waals surface area (Å²) in [6.45, 7) is 0.698. The van der Waals surface area contributed by atoms with Crippen molar-refractivity contribution in [2.45, 2.75) is 6.54 Å². The molecule has 3 nitrogen and oxygen atoms in total. The van der Waals surface area contributed by atoms with Gasteiger partial charge in [-0.05, 0) is 23.8 Å². The van der Waals surface area contributed by atoms with Gasteiger partial charge in [0.15, 0.2) is 0 Å². The minimum atomic E-state index is -0.345. The van der Waals surface area contributed by atoms with E-state index < -0.39 is 0 Å². The molecule has 0 atom stereocenters. The molecule has 4 heteroatoms. The lowest BCUT2D eigenvalue weighted by Crippen LogP contribution is -2.18. The van der Waals surface area contributed by atoms with Crippen molar-refractivity contribution in [3.05, 3.63) is 66.1 Å². The van der Waals surface area contributed by atoms with Gasteiger partial charge in [-0.25, -0.2) is 9.37 Å². The van der Waals surface area contributed by atoms with Gasteiger partial charge in [-0.2, -0.15) is 0 Å². The van der Waals surface area contributed by atoms with E-state index >= 15 is 0 Å². The maximum atomic E-state index is 13.6. The van der Waals surface area contributed by atoms with Gasteiger partial charge in [-0.1, -0.05) is 30.3 Å². The first-order valence-corrected chi connectivity index (χ1v) is 6.74. The van der Waals surface area contributed by atoms with E-state index in [0.717, 1.165) is 16.6 Å². The fraction of sp³-hybridized carbons (Fsp3) is 0.118. The Morgan fingerprint density at radius 2 is 1.86 bits per heavy atom. The standard InChI is InChI=1S/C17H16FN3/c1-21(11-12-5-3-2-4-6-12)17-15-9-13(18)10-16(19)14(15)7-8-20-17/h2-10H,11,19H2,1H3. The highest BCUT2D eigenvalue weighted by Gasteiger charge is 2.11. The largest absolute Gasteiger partial charge is 0.398 e. The second-order valence-corrected chi connectivity index (χ2v) is 5.07. The van der Waals surface area contributed by atoms with Crippen molar-refractivity contribution in [3.63, 3.8) is 0 Å². The van der Waals surface area contributed by atoms with Crippen molar-refractivity contribution >= 4 is 22.3 Å². The predicted octanol–water partition coefficient (Wildman–Crippen LogP) is 3.59. The molecule has 0 amide bonds. The van der Waals surface area contributed by atoms with Crippen LogP contribution in [0.4, 0.5) is 15.9 Å².